The molecule has 4 nitrogen and oxygen atoms in total. The summed E-state index contributed by atoms with van der Waals surface area (Å²) in [6, 6.07) is 9.18. The third-order valence-electron chi connectivity index (χ3n) is 2.94. The summed E-state index contributed by atoms with van der Waals surface area (Å²) in [4.78, 5) is 16.9. The van der Waals surface area contributed by atoms with Crippen molar-refractivity contribution >= 4 is 22.6 Å². The zero-order valence-electron chi connectivity index (χ0n) is 13.5. The lowest BCUT2D eigenvalue weighted by molar-refractivity contribution is 0.00716. The van der Waals surface area contributed by atoms with Gasteiger partial charge in [-0.1, -0.05) is 24.8 Å². The molecule has 116 valence electrons. The Labute approximate surface area is 130 Å². The fourth-order valence-electron chi connectivity index (χ4n) is 2.05. The molecule has 0 aliphatic rings. The molecule has 0 bridgehead atoms. The molecule has 0 spiro atoms. The lowest BCUT2D eigenvalue weighted by atomic mass is 10.1. The summed E-state index contributed by atoms with van der Waals surface area (Å²) < 4.78 is 10.8. The van der Waals surface area contributed by atoms with Gasteiger partial charge in [0.1, 0.15) is 17.1 Å². The average molecular weight is 299 g/mol. The van der Waals surface area contributed by atoms with E-state index in [2.05, 4.69) is 11.6 Å². The van der Waals surface area contributed by atoms with E-state index in [-0.39, 0.29) is 5.97 Å². The normalized spacial score (nSPS) is 11.3. The minimum Gasteiger partial charge on any atom is -0.492 e. The molecule has 2 aromatic rings. The van der Waals surface area contributed by atoms with Gasteiger partial charge in [0.2, 0.25) is 0 Å². The second-order valence-corrected chi connectivity index (χ2v) is 5.93. The molecule has 0 aliphatic heterocycles. The topological polar surface area (TPSA) is 48.4 Å². The highest BCUT2D eigenvalue weighted by Crippen LogP contribution is 2.22. The van der Waals surface area contributed by atoms with Crippen molar-refractivity contribution in [3.8, 4) is 0 Å². The van der Waals surface area contributed by atoms with Crippen molar-refractivity contribution in [1.82, 2.24) is 4.98 Å². The van der Waals surface area contributed by atoms with E-state index < -0.39 is 5.60 Å². The van der Waals surface area contributed by atoms with Gasteiger partial charge in [0.15, 0.2) is 0 Å². The number of hydrogen-bond acceptors (Lipinski definition) is 4. The summed E-state index contributed by atoms with van der Waals surface area (Å²) in [6.45, 7) is 11.8. The number of esters is 1. The molecule has 4 heteroatoms. The van der Waals surface area contributed by atoms with Gasteiger partial charge >= 0.3 is 5.97 Å². The van der Waals surface area contributed by atoms with Gasteiger partial charge < -0.3 is 9.47 Å². The van der Waals surface area contributed by atoms with Crippen LogP contribution in [0.2, 0.25) is 0 Å². The van der Waals surface area contributed by atoms with Gasteiger partial charge in [0.25, 0.3) is 0 Å². The Bertz CT molecular complexity index is 714. The highest BCUT2D eigenvalue weighted by Gasteiger charge is 2.20. The van der Waals surface area contributed by atoms with Crippen LogP contribution in [0.4, 0.5) is 0 Å². The minimum absolute atomic E-state index is 0.384. The maximum atomic E-state index is 12.4. The fraction of sp³-hybridized carbons (Fsp3) is 0.333. The highest BCUT2D eigenvalue weighted by molar-refractivity contribution is 6.03. The number of ether oxygens (including phenoxy) is 2. The quantitative estimate of drug-likeness (QED) is 0.627. The van der Waals surface area contributed by atoms with Gasteiger partial charge in [-0.2, -0.15) is 0 Å². The molecule has 0 N–H and O–H groups in total. The van der Waals surface area contributed by atoms with E-state index in [1.165, 1.54) is 0 Å². The smallest absolute Gasteiger partial charge is 0.340 e. The zero-order chi connectivity index (χ0) is 16.3. The first-order valence-corrected chi connectivity index (χ1v) is 7.27. The number of fused-ring (bicyclic) bond motifs is 1. The van der Waals surface area contributed by atoms with Crippen LogP contribution < -0.4 is 0 Å². The van der Waals surface area contributed by atoms with Crippen LogP contribution in [0, 0.1) is 0 Å². The van der Waals surface area contributed by atoms with E-state index in [0.29, 0.717) is 29.1 Å². The van der Waals surface area contributed by atoms with Gasteiger partial charge in [-0.3, -0.25) is 0 Å². The Balaban J connectivity index is 2.48. The summed E-state index contributed by atoms with van der Waals surface area (Å²) in [5, 5.41) is 0.872. The molecule has 0 aliphatic carbocycles. The summed E-state index contributed by atoms with van der Waals surface area (Å²) in [6.07, 6.45) is 0. The molecule has 1 aromatic heterocycles. The molecule has 0 atom stereocenters. The van der Waals surface area contributed by atoms with E-state index in [1.807, 2.05) is 52.0 Å². The molecule has 22 heavy (non-hydrogen) atoms. The molecule has 1 aromatic carbocycles. The minimum atomic E-state index is -0.550. The summed E-state index contributed by atoms with van der Waals surface area (Å²) in [5.41, 5.74) is 1.10. The molecule has 0 radical (unpaired) electrons. The lowest BCUT2D eigenvalue weighted by Gasteiger charge is -2.20. The van der Waals surface area contributed by atoms with Crippen LogP contribution in [0.1, 0.15) is 43.7 Å². The van der Waals surface area contributed by atoms with Crippen LogP contribution in [0.15, 0.2) is 36.9 Å². The second-order valence-electron chi connectivity index (χ2n) is 5.93. The zero-order valence-corrected chi connectivity index (χ0v) is 13.5. The molecule has 0 unspecified atom stereocenters. The summed E-state index contributed by atoms with van der Waals surface area (Å²) >= 11 is 0. The first-order valence-electron chi connectivity index (χ1n) is 7.27. The van der Waals surface area contributed by atoms with Crippen molar-refractivity contribution < 1.29 is 14.3 Å². The maximum Gasteiger partial charge on any atom is 0.340 e. The van der Waals surface area contributed by atoms with Gasteiger partial charge in [-0.15, -0.1) is 0 Å². The predicted molar refractivity (Wildman–Crippen MR) is 87.6 cm³/mol. The van der Waals surface area contributed by atoms with Crippen LogP contribution >= 0.6 is 0 Å². The van der Waals surface area contributed by atoms with Crippen LogP contribution in [-0.2, 0) is 9.47 Å². The summed E-state index contributed by atoms with van der Waals surface area (Å²) in [7, 11) is 0. The van der Waals surface area contributed by atoms with Crippen LogP contribution in [-0.4, -0.2) is 23.2 Å². The number of carbonyl (C=O) groups excluding carboxylic acids is 1. The first kappa shape index (κ1) is 16.0. The SMILES string of the molecule is C=C(OCC)c1ccc2cccc(C(=O)OC(C)(C)C)c2n1. The predicted octanol–water partition coefficient (Wildman–Crippen LogP) is 4.20. The van der Waals surface area contributed by atoms with Crippen molar-refractivity contribution in [2.45, 2.75) is 33.3 Å². The number of rotatable bonds is 4. The van der Waals surface area contributed by atoms with E-state index in [9.17, 15) is 4.79 Å². The highest BCUT2D eigenvalue weighted by atomic mass is 16.6. The number of aromatic nitrogens is 1. The molecule has 0 saturated carbocycles. The number of carbonyl (C=O) groups is 1. The fourth-order valence-corrected chi connectivity index (χ4v) is 2.05. The number of nitrogens with zero attached hydrogens (tertiary/aromatic N) is 1. The van der Waals surface area contributed by atoms with E-state index in [0.717, 1.165) is 5.39 Å². The van der Waals surface area contributed by atoms with Crippen molar-refractivity contribution in [2.75, 3.05) is 6.61 Å². The van der Waals surface area contributed by atoms with Gasteiger partial charge in [-0.05, 0) is 39.8 Å². The van der Waals surface area contributed by atoms with Crippen molar-refractivity contribution in [1.29, 1.82) is 0 Å². The van der Waals surface area contributed by atoms with Gasteiger partial charge in [-0.25, -0.2) is 9.78 Å². The molecule has 0 fully saturated rings. The number of para-hydroxylation sites is 1. The monoisotopic (exact) mass is 299 g/mol. The second kappa shape index (κ2) is 6.18. The maximum absolute atomic E-state index is 12.4. The third-order valence-corrected chi connectivity index (χ3v) is 2.94. The summed E-state index contributed by atoms with van der Waals surface area (Å²) in [5.74, 6) is 0.105. The number of benzene rings is 1. The van der Waals surface area contributed by atoms with E-state index in [4.69, 9.17) is 9.47 Å². The van der Waals surface area contributed by atoms with E-state index >= 15 is 0 Å². The van der Waals surface area contributed by atoms with Crippen LogP contribution in [0.25, 0.3) is 16.7 Å². The Morgan fingerprint density at radius 3 is 2.59 bits per heavy atom. The van der Waals surface area contributed by atoms with Crippen molar-refractivity contribution in [2.24, 2.45) is 0 Å². The van der Waals surface area contributed by atoms with Gasteiger partial charge in [0, 0.05) is 5.39 Å². The third kappa shape index (κ3) is 3.64. The standard InChI is InChI=1S/C18H21NO3/c1-6-21-12(2)15-11-10-13-8-7-9-14(16(13)19-15)17(20)22-18(3,4)5/h7-11H,2,6H2,1,3-5H3. The molecule has 2 rings (SSSR count). The Hall–Kier alpha value is -2.36. The van der Waals surface area contributed by atoms with Crippen LogP contribution in [0.3, 0.4) is 0 Å². The van der Waals surface area contributed by atoms with Crippen molar-refractivity contribution in [3.63, 3.8) is 0 Å². The molecule has 0 saturated heterocycles. The Kier molecular flexibility index (Phi) is 4.50. The van der Waals surface area contributed by atoms with Gasteiger partial charge in [0.05, 0.1) is 17.7 Å². The number of pyridine rings is 1. The average Bonchev–Trinajstić information content (AvgIpc) is 2.44. The van der Waals surface area contributed by atoms with E-state index in [1.54, 1.807) is 6.07 Å². The number of hydrogen-bond donors (Lipinski definition) is 0. The Morgan fingerprint density at radius 1 is 1.23 bits per heavy atom. The molecular formula is C18H21NO3. The molecular weight excluding hydrogens is 278 g/mol. The largest absolute Gasteiger partial charge is 0.492 e. The first-order chi connectivity index (χ1) is 10.3. The lowest BCUT2D eigenvalue weighted by Crippen LogP contribution is -2.24. The van der Waals surface area contributed by atoms with Crippen LogP contribution in [0.5, 0.6) is 0 Å². The Morgan fingerprint density at radius 2 is 1.95 bits per heavy atom. The molecule has 0 amide bonds. The van der Waals surface area contributed by atoms with Crippen molar-refractivity contribution in [3.05, 3.63) is 48.2 Å². The molecule has 1 heterocycles.